The lowest BCUT2D eigenvalue weighted by Gasteiger charge is -2.09. The van der Waals surface area contributed by atoms with Gasteiger partial charge in [0.2, 0.25) is 0 Å². The van der Waals surface area contributed by atoms with E-state index in [0.29, 0.717) is 24.3 Å². The lowest BCUT2D eigenvalue weighted by atomic mass is 10.1. The van der Waals surface area contributed by atoms with E-state index in [-0.39, 0.29) is 4.83 Å². The summed E-state index contributed by atoms with van der Waals surface area (Å²) in [6.45, 7) is 1.90. The molecule has 1 unspecified atom stereocenters. The van der Waals surface area contributed by atoms with E-state index in [4.69, 9.17) is 0 Å². The van der Waals surface area contributed by atoms with E-state index < -0.39 is 9.84 Å². The van der Waals surface area contributed by atoms with Gasteiger partial charge in [-0.05, 0) is 24.8 Å². The minimum absolute atomic E-state index is 0.250. The van der Waals surface area contributed by atoms with E-state index in [1.54, 1.807) is 0 Å². The summed E-state index contributed by atoms with van der Waals surface area (Å²) in [5.74, 6) is 0.612. The largest absolute Gasteiger partial charge is 0.229 e. The van der Waals surface area contributed by atoms with Crippen LogP contribution in [-0.4, -0.2) is 19.9 Å². The molecule has 0 radical (unpaired) electrons. The molecule has 0 aromatic heterocycles. The van der Waals surface area contributed by atoms with Crippen molar-refractivity contribution in [3.8, 4) is 0 Å². The molecule has 0 N–H and O–H groups in total. The molecule has 1 atom stereocenters. The molecule has 96 valence electrons. The summed E-state index contributed by atoms with van der Waals surface area (Å²) in [6.07, 6.45) is 2.28. The van der Waals surface area contributed by atoms with Crippen LogP contribution in [0.4, 0.5) is 0 Å². The highest BCUT2D eigenvalue weighted by atomic mass is 79.9. The molecular weight excluding hydrogens is 300 g/mol. The van der Waals surface area contributed by atoms with Crippen LogP contribution < -0.4 is 0 Å². The third-order valence-corrected chi connectivity index (χ3v) is 5.52. The van der Waals surface area contributed by atoms with Crippen molar-refractivity contribution in [1.82, 2.24) is 0 Å². The molecule has 0 fully saturated rings. The zero-order chi connectivity index (χ0) is 12.7. The smallest absolute Gasteiger partial charge is 0.150 e. The van der Waals surface area contributed by atoms with E-state index in [9.17, 15) is 8.42 Å². The normalized spacial score (nSPS) is 13.5. The molecule has 0 saturated heterocycles. The molecule has 0 heterocycles. The second kappa shape index (κ2) is 7.17. The third kappa shape index (κ3) is 5.68. The van der Waals surface area contributed by atoms with Crippen LogP contribution in [-0.2, 0) is 9.84 Å². The monoisotopic (exact) mass is 318 g/mol. The molecule has 0 bridgehead atoms. The zero-order valence-corrected chi connectivity index (χ0v) is 12.5. The van der Waals surface area contributed by atoms with Gasteiger partial charge in [0.05, 0.1) is 5.75 Å². The third-order valence-electron chi connectivity index (χ3n) is 2.59. The number of alkyl halides is 1. The first-order chi connectivity index (χ1) is 8.05. The van der Waals surface area contributed by atoms with Crippen LogP contribution >= 0.6 is 15.9 Å². The summed E-state index contributed by atoms with van der Waals surface area (Å²) < 4.78 is 23.1. The number of benzene rings is 1. The molecule has 0 spiro atoms. The fraction of sp³-hybridized carbons (Fsp3) is 0.538. The van der Waals surface area contributed by atoms with Crippen molar-refractivity contribution in [2.45, 2.75) is 31.0 Å². The predicted molar refractivity (Wildman–Crippen MR) is 76.3 cm³/mol. The number of rotatable bonds is 7. The van der Waals surface area contributed by atoms with Crippen LogP contribution in [0.3, 0.4) is 0 Å². The van der Waals surface area contributed by atoms with Gasteiger partial charge in [0.15, 0.2) is 0 Å². The Bertz CT molecular complexity index is 414. The van der Waals surface area contributed by atoms with E-state index >= 15 is 0 Å². The van der Waals surface area contributed by atoms with Crippen molar-refractivity contribution in [1.29, 1.82) is 0 Å². The molecule has 0 amide bonds. The van der Waals surface area contributed by atoms with Gasteiger partial charge in [-0.25, -0.2) is 8.42 Å². The average molecular weight is 319 g/mol. The second-order valence-electron chi connectivity index (χ2n) is 4.17. The Kier molecular flexibility index (Phi) is 6.20. The van der Waals surface area contributed by atoms with E-state index in [1.165, 1.54) is 5.56 Å². The lowest BCUT2D eigenvalue weighted by molar-refractivity contribution is 0.590. The van der Waals surface area contributed by atoms with Crippen molar-refractivity contribution < 1.29 is 8.42 Å². The first-order valence-corrected chi connectivity index (χ1v) is 8.68. The molecule has 0 aliphatic heterocycles. The fourth-order valence-electron chi connectivity index (χ4n) is 1.72. The Balaban J connectivity index is 2.37. The number of sulfone groups is 1. The molecule has 1 aromatic rings. The van der Waals surface area contributed by atoms with Crippen LogP contribution in [0.1, 0.15) is 36.6 Å². The molecule has 4 heteroatoms. The van der Waals surface area contributed by atoms with Gasteiger partial charge in [-0.15, -0.1) is 0 Å². The van der Waals surface area contributed by atoms with Gasteiger partial charge >= 0.3 is 0 Å². The van der Waals surface area contributed by atoms with E-state index in [1.807, 2.05) is 25.1 Å². The standard InChI is InChI=1S/C13H19BrO2S/c1-2-10-17(15,16)11-6-9-13(14)12-7-4-3-5-8-12/h3-5,7-8,13H,2,6,9-11H2,1H3. The average Bonchev–Trinajstić information content (AvgIpc) is 2.29. The minimum atomic E-state index is -2.83. The summed E-state index contributed by atoms with van der Waals surface area (Å²) in [5, 5.41) is 0. The van der Waals surface area contributed by atoms with Crippen molar-refractivity contribution in [3.63, 3.8) is 0 Å². The molecule has 1 rings (SSSR count). The SMILES string of the molecule is CCCS(=O)(=O)CCCC(Br)c1ccccc1. The Labute approximate surface area is 112 Å². The Morgan fingerprint density at radius 1 is 1.18 bits per heavy atom. The second-order valence-corrected chi connectivity index (χ2v) is 7.58. The van der Waals surface area contributed by atoms with Gasteiger partial charge in [0.25, 0.3) is 0 Å². The van der Waals surface area contributed by atoms with Crippen LogP contribution in [0.2, 0.25) is 0 Å². The molecule has 17 heavy (non-hydrogen) atoms. The van der Waals surface area contributed by atoms with Crippen LogP contribution in [0, 0.1) is 0 Å². The van der Waals surface area contributed by atoms with Gasteiger partial charge in [-0.1, -0.05) is 53.2 Å². The maximum absolute atomic E-state index is 11.5. The summed E-state index contributed by atoms with van der Waals surface area (Å²) in [5.41, 5.74) is 1.21. The summed E-state index contributed by atoms with van der Waals surface area (Å²) in [4.78, 5) is 0.250. The molecule has 2 nitrogen and oxygen atoms in total. The van der Waals surface area contributed by atoms with E-state index in [0.717, 1.165) is 6.42 Å². The van der Waals surface area contributed by atoms with Crippen LogP contribution in [0.25, 0.3) is 0 Å². The molecular formula is C13H19BrO2S. The summed E-state index contributed by atoms with van der Waals surface area (Å²) in [6, 6.07) is 10.1. The quantitative estimate of drug-likeness (QED) is 0.718. The van der Waals surface area contributed by atoms with Gasteiger partial charge in [0, 0.05) is 10.6 Å². The highest BCUT2D eigenvalue weighted by Crippen LogP contribution is 2.27. The summed E-state index contributed by atoms with van der Waals surface area (Å²) in [7, 11) is -2.83. The minimum Gasteiger partial charge on any atom is -0.229 e. The van der Waals surface area contributed by atoms with Gasteiger partial charge in [0.1, 0.15) is 9.84 Å². The maximum atomic E-state index is 11.5. The zero-order valence-electron chi connectivity index (χ0n) is 10.1. The van der Waals surface area contributed by atoms with Gasteiger partial charge in [-0.3, -0.25) is 0 Å². The number of halogens is 1. The number of hydrogen-bond donors (Lipinski definition) is 0. The van der Waals surface area contributed by atoms with Gasteiger partial charge in [-0.2, -0.15) is 0 Å². The maximum Gasteiger partial charge on any atom is 0.150 e. The molecule has 0 aliphatic carbocycles. The molecule has 0 saturated carbocycles. The van der Waals surface area contributed by atoms with E-state index in [2.05, 4.69) is 28.1 Å². The van der Waals surface area contributed by atoms with Crippen molar-refractivity contribution in [2.24, 2.45) is 0 Å². The predicted octanol–water partition coefficient (Wildman–Crippen LogP) is 3.73. The van der Waals surface area contributed by atoms with Crippen LogP contribution in [0.15, 0.2) is 30.3 Å². The number of hydrogen-bond acceptors (Lipinski definition) is 2. The molecule has 1 aromatic carbocycles. The highest BCUT2D eigenvalue weighted by Gasteiger charge is 2.12. The first kappa shape index (κ1) is 14.7. The lowest BCUT2D eigenvalue weighted by Crippen LogP contribution is -2.10. The molecule has 0 aliphatic rings. The topological polar surface area (TPSA) is 34.1 Å². The first-order valence-electron chi connectivity index (χ1n) is 5.94. The van der Waals surface area contributed by atoms with Crippen molar-refractivity contribution in [2.75, 3.05) is 11.5 Å². The van der Waals surface area contributed by atoms with Crippen LogP contribution in [0.5, 0.6) is 0 Å². The summed E-state index contributed by atoms with van der Waals surface area (Å²) >= 11 is 3.60. The van der Waals surface area contributed by atoms with Crippen molar-refractivity contribution in [3.05, 3.63) is 35.9 Å². The van der Waals surface area contributed by atoms with Gasteiger partial charge < -0.3 is 0 Å². The fourth-order valence-corrected chi connectivity index (χ4v) is 3.79. The highest BCUT2D eigenvalue weighted by molar-refractivity contribution is 9.09. The Morgan fingerprint density at radius 3 is 2.41 bits per heavy atom. The Hall–Kier alpha value is -0.350. The van der Waals surface area contributed by atoms with Crippen molar-refractivity contribution >= 4 is 25.8 Å². The Morgan fingerprint density at radius 2 is 1.82 bits per heavy atom.